The zero-order valence-corrected chi connectivity index (χ0v) is 13.3. The van der Waals surface area contributed by atoms with Gasteiger partial charge >= 0.3 is 0 Å². The normalized spacial score (nSPS) is 14.9. The molecule has 0 aliphatic rings. The number of likely N-dealkylation sites (N-methyl/N-ethyl adjacent to an activating group) is 3. The van der Waals surface area contributed by atoms with E-state index in [1.54, 1.807) is 0 Å². The molecule has 0 aromatic heterocycles. The molecule has 0 aliphatic carbocycles. The third-order valence-corrected chi connectivity index (χ3v) is 3.83. The Morgan fingerprint density at radius 2 is 1.63 bits per heavy atom. The third-order valence-electron chi connectivity index (χ3n) is 3.83. The first-order chi connectivity index (χ1) is 8.95. The topological polar surface area (TPSA) is 18.5 Å². The van der Waals surface area contributed by atoms with Crippen molar-refractivity contribution in [1.29, 1.82) is 0 Å². The van der Waals surface area contributed by atoms with Crippen LogP contribution in [0, 0.1) is 6.92 Å². The average Bonchev–Trinajstić information content (AvgIpc) is 2.38. The molecule has 3 heteroatoms. The van der Waals surface area contributed by atoms with Crippen LogP contribution in [0.5, 0.6) is 0 Å². The molecule has 3 nitrogen and oxygen atoms in total. The maximum Gasteiger partial charge on any atom is 0.0472 e. The van der Waals surface area contributed by atoms with Crippen molar-refractivity contribution in [3.63, 3.8) is 0 Å². The molecule has 0 bridgehead atoms. The Kier molecular flexibility index (Phi) is 6.49. The van der Waals surface area contributed by atoms with Crippen LogP contribution < -0.4 is 5.32 Å². The highest BCUT2D eigenvalue weighted by Crippen LogP contribution is 2.20. The Labute approximate surface area is 118 Å². The van der Waals surface area contributed by atoms with Gasteiger partial charge in [0.15, 0.2) is 0 Å². The summed E-state index contributed by atoms with van der Waals surface area (Å²) >= 11 is 0. The summed E-state index contributed by atoms with van der Waals surface area (Å²) in [5.74, 6) is 0. The lowest BCUT2D eigenvalue weighted by atomic mass is 9.98. The maximum atomic E-state index is 3.45. The van der Waals surface area contributed by atoms with Crippen LogP contribution in [0.1, 0.15) is 24.1 Å². The Morgan fingerprint density at radius 3 is 2.11 bits per heavy atom. The second-order valence-electron chi connectivity index (χ2n) is 5.70. The molecule has 1 rings (SSSR count). The predicted octanol–water partition coefficient (Wildman–Crippen LogP) is 2.14. The molecule has 0 amide bonds. The van der Waals surface area contributed by atoms with Gasteiger partial charge in [-0.15, -0.1) is 0 Å². The van der Waals surface area contributed by atoms with Crippen molar-refractivity contribution in [2.24, 2.45) is 0 Å². The largest absolute Gasteiger partial charge is 0.312 e. The van der Waals surface area contributed by atoms with Crippen molar-refractivity contribution in [1.82, 2.24) is 15.1 Å². The quantitative estimate of drug-likeness (QED) is 0.813. The van der Waals surface area contributed by atoms with E-state index in [0.29, 0.717) is 12.1 Å². The van der Waals surface area contributed by atoms with Gasteiger partial charge in [-0.2, -0.15) is 0 Å². The van der Waals surface area contributed by atoms with Gasteiger partial charge in [-0.25, -0.2) is 0 Å². The van der Waals surface area contributed by atoms with Gasteiger partial charge in [0.25, 0.3) is 0 Å². The molecule has 108 valence electrons. The highest BCUT2D eigenvalue weighted by molar-refractivity contribution is 5.25. The molecule has 0 aliphatic heterocycles. The molecule has 0 spiro atoms. The van der Waals surface area contributed by atoms with Crippen LogP contribution >= 0.6 is 0 Å². The first-order valence-corrected chi connectivity index (χ1v) is 7.04. The minimum atomic E-state index is 0.368. The van der Waals surface area contributed by atoms with Gasteiger partial charge in [0.1, 0.15) is 0 Å². The molecular formula is C16H29N3. The summed E-state index contributed by atoms with van der Waals surface area (Å²) in [6.45, 7) is 6.59. The summed E-state index contributed by atoms with van der Waals surface area (Å²) in [7, 11) is 8.48. The number of nitrogens with zero attached hydrogens (tertiary/aromatic N) is 2. The standard InChI is InChI=1S/C16H29N3/c1-13-7-9-15(10-8-13)16(17-3)14(2)19(6)12-11-18(4)5/h7-10,14,16-17H,11-12H2,1-6H3. The van der Waals surface area contributed by atoms with Crippen molar-refractivity contribution in [2.75, 3.05) is 41.3 Å². The zero-order valence-electron chi connectivity index (χ0n) is 13.3. The Bertz CT molecular complexity index is 359. The van der Waals surface area contributed by atoms with Crippen LogP contribution in [0.3, 0.4) is 0 Å². The lowest BCUT2D eigenvalue weighted by Crippen LogP contribution is -2.42. The van der Waals surface area contributed by atoms with Gasteiger partial charge < -0.3 is 15.1 Å². The van der Waals surface area contributed by atoms with E-state index < -0.39 is 0 Å². The van der Waals surface area contributed by atoms with E-state index in [1.807, 2.05) is 7.05 Å². The van der Waals surface area contributed by atoms with E-state index in [4.69, 9.17) is 0 Å². The molecule has 2 atom stereocenters. The minimum absolute atomic E-state index is 0.368. The van der Waals surface area contributed by atoms with Crippen molar-refractivity contribution in [3.05, 3.63) is 35.4 Å². The fraction of sp³-hybridized carbons (Fsp3) is 0.625. The van der Waals surface area contributed by atoms with Crippen LogP contribution in [-0.4, -0.2) is 57.1 Å². The van der Waals surface area contributed by atoms with Crippen molar-refractivity contribution >= 4 is 0 Å². The number of aryl methyl sites for hydroxylation is 1. The zero-order chi connectivity index (χ0) is 14.4. The van der Waals surface area contributed by atoms with Crippen molar-refractivity contribution in [3.8, 4) is 0 Å². The average molecular weight is 263 g/mol. The first-order valence-electron chi connectivity index (χ1n) is 7.04. The smallest absolute Gasteiger partial charge is 0.0472 e. The number of nitrogens with one attached hydrogen (secondary N) is 1. The summed E-state index contributed by atoms with van der Waals surface area (Å²) < 4.78 is 0. The van der Waals surface area contributed by atoms with Crippen LogP contribution in [0.15, 0.2) is 24.3 Å². The van der Waals surface area contributed by atoms with Crippen LogP contribution in [0.4, 0.5) is 0 Å². The Balaban J connectivity index is 2.70. The van der Waals surface area contributed by atoms with E-state index in [9.17, 15) is 0 Å². The van der Waals surface area contributed by atoms with Crippen LogP contribution in [0.2, 0.25) is 0 Å². The highest BCUT2D eigenvalue weighted by atomic mass is 15.2. The van der Waals surface area contributed by atoms with E-state index in [0.717, 1.165) is 13.1 Å². The Morgan fingerprint density at radius 1 is 1.05 bits per heavy atom. The van der Waals surface area contributed by atoms with Gasteiger partial charge in [0.2, 0.25) is 0 Å². The van der Waals surface area contributed by atoms with Crippen molar-refractivity contribution in [2.45, 2.75) is 25.9 Å². The molecule has 0 saturated heterocycles. The fourth-order valence-electron chi connectivity index (χ4n) is 2.28. The molecule has 0 radical (unpaired) electrons. The second kappa shape index (κ2) is 7.63. The Hall–Kier alpha value is -0.900. The molecule has 19 heavy (non-hydrogen) atoms. The van der Waals surface area contributed by atoms with Crippen molar-refractivity contribution < 1.29 is 0 Å². The van der Waals surface area contributed by atoms with E-state index >= 15 is 0 Å². The number of hydrogen-bond acceptors (Lipinski definition) is 3. The summed E-state index contributed by atoms with van der Waals surface area (Å²) in [5.41, 5.74) is 2.67. The SMILES string of the molecule is CNC(c1ccc(C)cc1)C(C)N(C)CCN(C)C. The lowest BCUT2D eigenvalue weighted by molar-refractivity contribution is 0.193. The van der Waals surface area contributed by atoms with Crippen LogP contribution in [0.25, 0.3) is 0 Å². The maximum absolute atomic E-state index is 3.45. The fourth-order valence-corrected chi connectivity index (χ4v) is 2.28. The van der Waals surface area contributed by atoms with E-state index in [2.05, 4.69) is 74.4 Å². The van der Waals surface area contributed by atoms with Gasteiger partial charge in [0, 0.05) is 25.2 Å². The molecule has 1 aromatic carbocycles. The summed E-state index contributed by atoms with van der Waals surface area (Å²) in [5, 5.41) is 3.45. The molecule has 1 aromatic rings. The first kappa shape index (κ1) is 16.2. The molecule has 0 heterocycles. The third kappa shape index (κ3) is 4.94. The second-order valence-corrected chi connectivity index (χ2v) is 5.70. The molecule has 1 N–H and O–H groups in total. The number of rotatable bonds is 7. The molecule has 2 unspecified atom stereocenters. The molecular weight excluding hydrogens is 234 g/mol. The van der Waals surface area contributed by atoms with Gasteiger partial charge in [-0.1, -0.05) is 29.8 Å². The van der Waals surface area contributed by atoms with E-state index in [1.165, 1.54) is 11.1 Å². The molecule has 0 fully saturated rings. The van der Waals surface area contributed by atoms with Gasteiger partial charge in [0.05, 0.1) is 0 Å². The summed E-state index contributed by atoms with van der Waals surface area (Å²) in [4.78, 5) is 4.64. The monoisotopic (exact) mass is 263 g/mol. The number of hydrogen-bond donors (Lipinski definition) is 1. The number of benzene rings is 1. The predicted molar refractivity (Wildman–Crippen MR) is 83.6 cm³/mol. The summed E-state index contributed by atoms with van der Waals surface area (Å²) in [6.07, 6.45) is 0. The highest BCUT2D eigenvalue weighted by Gasteiger charge is 2.21. The van der Waals surface area contributed by atoms with Gasteiger partial charge in [-0.05, 0) is 47.6 Å². The summed E-state index contributed by atoms with van der Waals surface area (Å²) in [6, 6.07) is 9.67. The minimum Gasteiger partial charge on any atom is -0.312 e. The lowest BCUT2D eigenvalue weighted by Gasteiger charge is -2.33. The van der Waals surface area contributed by atoms with Gasteiger partial charge in [-0.3, -0.25) is 0 Å². The van der Waals surface area contributed by atoms with Crippen LogP contribution in [-0.2, 0) is 0 Å². The van der Waals surface area contributed by atoms with E-state index in [-0.39, 0.29) is 0 Å². The molecule has 0 saturated carbocycles.